The third kappa shape index (κ3) is 4.99. The van der Waals surface area contributed by atoms with Gasteiger partial charge in [0.2, 0.25) is 15.9 Å². The van der Waals surface area contributed by atoms with Crippen LogP contribution in [0.15, 0.2) is 29.2 Å². The number of fused-ring (bicyclic) bond motifs is 1. The first-order valence-corrected chi connectivity index (χ1v) is 11.1. The molecule has 0 unspecified atom stereocenters. The van der Waals surface area contributed by atoms with Crippen molar-refractivity contribution >= 4 is 21.7 Å². The van der Waals surface area contributed by atoms with E-state index in [1.54, 1.807) is 18.2 Å². The highest BCUT2D eigenvalue weighted by molar-refractivity contribution is 7.89. The molecule has 0 radical (unpaired) electrons. The molecule has 7 nitrogen and oxygen atoms in total. The zero-order valence-corrected chi connectivity index (χ0v) is 17.4. The predicted octanol–water partition coefficient (Wildman–Crippen LogP) is 2.89. The van der Waals surface area contributed by atoms with Gasteiger partial charge >= 0.3 is 0 Å². The Kier molecular flexibility index (Phi) is 5.90. The van der Waals surface area contributed by atoms with Crippen molar-refractivity contribution in [3.63, 3.8) is 0 Å². The summed E-state index contributed by atoms with van der Waals surface area (Å²) in [5.41, 5.74) is 3.16. The lowest BCUT2D eigenvalue weighted by molar-refractivity contribution is -0.116. The topological polar surface area (TPSA) is 104 Å². The van der Waals surface area contributed by atoms with Gasteiger partial charge in [-0.2, -0.15) is 5.10 Å². The highest BCUT2D eigenvalue weighted by Crippen LogP contribution is 2.24. The van der Waals surface area contributed by atoms with E-state index in [1.165, 1.54) is 5.56 Å². The van der Waals surface area contributed by atoms with Crippen LogP contribution in [0.4, 0.5) is 5.82 Å². The van der Waals surface area contributed by atoms with Crippen LogP contribution in [-0.2, 0) is 33.1 Å². The first-order chi connectivity index (χ1) is 13.1. The maximum absolute atomic E-state index is 12.5. The minimum atomic E-state index is -3.63. The molecular formula is C20H28N4O3S. The Morgan fingerprint density at radius 1 is 1.14 bits per heavy atom. The molecule has 1 aliphatic rings. The van der Waals surface area contributed by atoms with Crippen molar-refractivity contribution in [2.45, 2.75) is 63.2 Å². The van der Waals surface area contributed by atoms with Crippen LogP contribution < -0.4 is 10.0 Å². The Balaban J connectivity index is 1.53. The van der Waals surface area contributed by atoms with Gasteiger partial charge in [0.25, 0.3) is 0 Å². The lowest BCUT2D eigenvalue weighted by Crippen LogP contribution is -2.28. The van der Waals surface area contributed by atoms with Crippen LogP contribution in [0.5, 0.6) is 0 Å². The summed E-state index contributed by atoms with van der Waals surface area (Å²) < 4.78 is 27.5. The zero-order chi connectivity index (χ0) is 20.4. The van der Waals surface area contributed by atoms with Gasteiger partial charge in [0, 0.05) is 30.1 Å². The summed E-state index contributed by atoms with van der Waals surface area (Å²) in [7, 11) is -3.63. The van der Waals surface area contributed by atoms with Gasteiger partial charge in [0.05, 0.1) is 4.90 Å². The van der Waals surface area contributed by atoms with Crippen molar-refractivity contribution in [1.82, 2.24) is 14.9 Å². The standard InChI is InChI=1S/C20H28N4O3S/c1-20(2,3)17-13-18(24-23-17)22-19(25)10-11-21-28(26,27)16-9-8-14-6-4-5-7-15(14)12-16/h8-9,12-13,21H,4-7,10-11H2,1-3H3,(H2,22,23,24,25). The molecule has 8 heteroatoms. The van der Waals surface area contributed by atoms with E-state index in [0.29, 0.717) is 5.82 Å². The molecule has 0 saturated carbocycles. The normalized spacial score (nSPS) is 14.5. The SMILES string of the molecule is CC(C)(C)c1cc(NC(=O)CCNS(=O)(=O)c2ccc3c(c2)CCCC3)n[nH]1. The minimum absolute atomic E-state index is 0.0296. The Morgan fingerprint density at radius 3 is 2.54 bits per heavy atom. The first-order valence-electron chi connectivity index (χ1n) is 9.62. The molecule has 0 spiro atoms. The fourth-order valence-corrected chi connectivity index (χ4v) is 4.32. The van der Waals surface area contributed by atoms with Gasteiger partial charge in [-0.15, -0.1) is 0 Å². The fourth-order valence-electron chi connectivity index (χ4n) is 3.23. The maximum atomic E-state index is 12.5. The highest BCUT2D eigenvalue weighted by Gasteiger charge is 2.19. The third-order valence-electron chi connectivity index (χ3n) is 4.93. The molecule has 0 saturated heterocycles. The predicted molar refractivity (Wildman–Crippen MR) is 109 cm³/mol. The Hall–Kier alpha value is -2.19. The zero-order valence-electron chi connectivity index (χ0n) is 16.6. The number of aromatic nitrogens is 2. The summed E-state index contributed by atoms with van der Waals surface area (Å²) >= 11 is 0. The Bertz CT molecular complexity index is 958. The number of nitrogens with zero attached hydrogens (tertiary/aromatic N) is 1. The molecule has 3 N–H and O–H groups in total. The van der Waals surface area contributed by atoms with E-state index in [-0.39, 0.29) is 29.2 Å². The molecule has 2 aromatic rings. The number of hydrogen-bond donors (Lipinski definition) is 3. The number of hydrogen-bond acceptors (Lipinski definition) is 4. The van der Waals surface area contributed by atoms with Gasteiger partial charge in [-0.05, 0) is 48.9 Å². The number of benzene rings is 1. The number of aryl methyl sites for hydroxylation is 2. The van der Waals surface area contributed by atoms with Crippen LogP contribution >= 0.6 is 0 Å². The van der Waals surface area contributed by atoms with Crippen LogP contribution in [0.2, 0.25) is 0 Å². The first kappa shape index (κ1) is 20.5. The second-order valence-electron chi connectivity index (χ2n) is 8.25. The average molecular weight is 405 g/mol. The number of rotatable bonds is 6. The second-order valence-corrected chi connectivity index (χ2v) is 10.0. The van der Waals surface area contributed by atoms with Crippen molar-refractivity contribution < 1.29 is 13.2 Å². The third-order valence-corrected chi connectivity index (χ3v) is 6.39. The number of carbonyl (C=O) groups is 1. The number of nitrogens with one attached hydrogen (secondary N) is 3. The number of anilines is 1. The fraction of sp³-hybridized carbons (Fsp3) is 0.500. The molecule has 1 aromatic carbocycles. The Labute approximate surface area is 166 Å². The van der Waals surface area contributed by atoms with Gasteiger partial charge in [0.1, 0.15) is 0 Å². The van der Waals surface area contributed by atoms with E-state index in [9.17, 15) is 13.2 Å². The van der Waals surface area contributed by atoms with Crippen molar-refractivity contribution in [3.05, 3.63) is 41.1 Å². The van der Waals surface area contributed by atoms with Crippen LogP contribution in [0.1, 0.15) is 56.9 Å². The summed E-state index contributed by atoms with van der Waals surface area (Å²) in [6.07, 6.45) is 4.20. The summed E-state index contributed by atoms with van der Waals surface area (Å²) in [4.78, 5) is 12.3. The van der Waals surface area contributed by atoms with Gasteiger partial charge in [0.15, 0.2) is 5.82 Å². The quantitative estimate of drug-likeness (QED) is 0.688. The Morgan fingerprint density at radius 2 is 1.86 bits per heavy atom. The highest BCUT2D eigenvalue weighted by atomic mass is 32.2. The molecular weight excluding hydrogens is 376 g/mol. The number of sulfonamides is 1. The van der Waals surface area contributed by atoms with Crippen LogP contribution in [0.25, 0.3) is 0 Å². The van der Waals surface area contributed by atoms with Crippen molar-refractivity contribution in [1.29, 1.82) is 0 Å². The van der Waals surface area contributed by atoms with E-state index in [4.69, 9.17) is 0 Å². The lowest BCUT2D eigenvalue weighted by Gasteiger charge is -2.16. The minimum Gasteiger partial charge on any atom is -0.309 e. The molecule has 0 atom stereocenters. The summed E-state index contributed by atoms with van der Waals surface area (Å²) in [5.74, 6) is 0.146. The number of carbonyl (C=O) groups excluding carboxylic acids is 1. The monoisotopic (exact) mass is 404 g/mol. The van der Waals surface area contributed by atoms with Gasteiger partial charge in [-0.1, -0.05) is 26.8 Å². The van der Waals surface area contributed by atoms with Gasteiger partial charge < -0.3 is 5.32 Å². The van der Waals surface area contributed by atoms with E-state index in [0.717, 1.165) is 36.9 Å². The summed E-state index contributed by atoms with van der Waals surface area (Å²) in [6.45, 7) is 6.16. The summed E-state index contributed by atoms with van der Waals surface area (Å²) in [5, 5.41) is 9.66. The van der Waals surface area contributed by atoms with Crippen molar-refractivity contribution in [2.75, 3.05) is 11.9 Å². The molecule has 1 aliphatic carbocycles. The smallest absolute Gasteiger partial charge is 0.240 e. The maximum Gasteiger partial charge on any atom is 0.240 e. The van der Waals surface area contributed by atoms with Gasteiger partial charge in [-0.3, -0.25) is 9.89 Å². The molecule has 1 aromatic heterocycles. The van der Waals surface area contributed by atoms with Crippen molar-refractivity contribution in [2.24, 2.45) is 0 Å². The number of amides is 1. The molecule has 0 bridgehead atoms. The van der Waals surface area contributed by atoms with Crippen molar-refractivity contribution in [3.8, 4) is 0 Å². The average Bonchev–Trinajstić information content (AvgIpc) is 3.10. The molecule has 28 heavy (non-hydrogen) atoms. The molecule has 1 heterocycles. The number of aromatic amines is 1. The van der Waals surface area contributed by atoms with E-state index >= 15 is 0 Å². The molecule has 3 rings (SSSR count). The number of H-pyrrole nitrogens is 1. The summed E-state index contributed by atoms with van der Waals surface area (Å²) in [6, 6.07) is 7.09. The van der Waals surface area contributed by atoms with Crippen LogP contribution in [0, 0.1) is 0 Å². The van der Waals surface area contributed by atoms with Crippen LogP contribution in [0.3, 0.4) is 0 Å². The lowest BCUT2D eigenvalue weighted by atomic mass is 9.92. The van der Waals surface area contributed by atoms with Crippen LogP contribution in [-0.4, -0.2) is 31.1 Å². The molecule has 0 fully saturated rings. The molecule has 0 aliphatic heterocycles. The molecule has 1 amide bonds. The van der Waals surface area contributed by atoms with E-state index in [2.05, 4.69) is 20.2 Å². The van der Waals surface area contributed by atoms with Gasteiger partial charge in [-0.25, -0.2) is 13.1 Å². The van der Waals surface area contributed by atoms with E-state index in [1.807, 2.05) is 26.8 Å². The largest absolute Gasteiger partial charge is 0.309 e. The molecule has 152 valence electrons. The van der Waals surface area contributed by atoms with E-state index < -0.39 is 10.0 Å². The second kappa shape index (κ2) is 8.05.